The molecule has 0 heterocycles. The van der Waals surface area contributed by atoms with Gasteiger partial charge < -0.3 is 5.32 Å². The lowest BCUT2D eigenvalue weighted by atomic mass is 10.0. The zero-order chi connectivity index (χ0) is 11.7. The predicted octanol–water partition coefficient (Wildman–Crippen LogP) is 3.10. The third-order valence-electron chi connectivity index (χ3n) is 4.03. The Hall–Kier alpha value is -0.0500. The van der Waals surface area contributed by atoms with Gasteiger partial charge >= 0.3 is 0 Å². The van der Waals surface area contributed by atoms with Crippen molar-refractivity contribution in [2.24, 2.45) is 17.8 Å². The highest BCUT2D eigenvalue weighted by molar-refractivity contribution is 9.09. The van der Waals surface area contributed by atoms with E-state index in [0.717, 1.165) is 18.3 Å². The Morgan fingerprint density at radius 2 is 1.88 bits per heavy atom. The smallest absolute Gasteiger partial charge is 0.223 e. The molecule has 2 nitrogen and oxygen atoms in total. The van der Waals surface area contributed by atoms with E-state index in [1.807, 2.05) is 0 Å². The van der Waals surface area contributed by atoms with E-state index >= 15 is 0 Å². The molecule has 16 heavy (non-hydrogen) atoms. The Labute approximate surface area is 107 Å². The number of carbonyl (C=O) groups is 1. The summed E-state index contributed by atoms with van der Waals surface area (Å²) >= 11 is 3.53. The van der Waals surface area contributed by atoms with Crippen LogP contribution in [-0.4, -0.2) is 16.8 Å². The van der Waals surface area contributed by atoms with E-state index < -0.39 is 0 Å². The van der Waals surface area contributed by atoms with Crippen molar-refractivity contribution < 1.29 is 4.79 Å². The predicted molar refractivity (Wildman–Crippen MR) is 69.5 cm³/mol. The van der Waals surface area contributed by atoms with E-state index in [2.05, 4.69) is 35.1 Å². The molecule has 0 aromatic rings. The number of rotatable bonds is 4. The van der Waals surface area contributed by atoms with Gasteiger partial charge in [-0.25, -0.2) is 0 Å². The quantitative estimate of drug-likeness (QED) is 0.791. The second kappa shape index (κ2) is 5.07. The molecule has 0 saturated heterocycles. The topological polar surface area (TPSA) is 29.1 Å². The summed E-state index contributed by atoms with van der Waals surface area (Å²) in [7, 11) is 0. The van der Waals surface area contributed by atoms with Gasteiger partial charge in [0.1, 0.15) is 0 Å². The van der Waals surface area contributed by atoms with Crippen LogP contribution in [0.4, 0.5) is 0 Å². The van der Waals surface area contributed by atoms with Crippen molar-refractivity contribution >= 4 is 21.8 Å². The number of halogens is 1. The lowest BCUT2D eigenvalue weighted by Gasteiger charge is -2.15. The molecule has 2 aliphatic carbocycles. The molecule has 3 heteroatoms. The molecule has 92 valence electrons. The van der Waals surface area contributed by atoms with Gasteiger partial charge in [-0.3, -0.25) is 4.79 Å². The number of alkyl halides is 1. The molecule has 0 aromatic carbocycles. The van der Waals surface area contributed by atoms with Crippen LogP contribution in [0, 0.1) is 17.8 Å². The van der Waals surface area contributed by atoms with Crippen molar-refractivity contribution in [2.45, 2.75) is 56.8 Å². The number of hydrogen-bond donors (Lipinski definition) is 1. The number of fused-ring (bicyclic) bond motifs is 1. The lowest BCUT2D eigenvalue weighted by Crippen LogP contribution is -2.35. The third-order valence-corrected chi connectivity index (χ3v) is 4.40. The molecule has 2 rings (SSSR count). The summed E-state index contributed by atoms with van der Waals surface area (Å²) in [4.78, 5) is 12.5. The van der Waals surface area contributed by atoms with E-state index in [1.165, 1.54) is 25.7 Å². The Bertz CT molecular complexity index is 255. The first kappa shape index (κ1) is 12.4. The van der Waals surface area contributed by atoms with Gasteiger partial charge in [-0.15, -0.1) is 0 Å². The van der Waals surface area contributed by atoms with Gasteiger partial charge in [-0.05, 0) is 38.0 Å². The Morgan fingerprint density at radius 1 is 1.31 bits per heavy atom. The van der Waals surface area contributed by atoms with Crippen LogP contribution in [0.25, 0.3) is 0 Å². The van der Waals surface area contributed by atoms with Crippen molar-refractivity contribution in [3.05, 3.63) is 0 Å². The summed E-state index contributed by atoms with van der Waals surface area (Å²) in [6.45, 7) is 4.22. The second-order valence-corrected chi connectivity index (χ2v) is 7.13. The summed E-state index contributed by atoms with van der Waals surface area (Å²) in [5, 5.41) is 3.16. The minimum absolute atomic E-state index is 0.296. The molecule has 4 atom stereocenters. The molecule has 2 saturated carbocycles. The van der Waals surface area contributed by atoms with Gasteiger partial charge in [-0.1, -0.05) is 35.7 Å². The van der Waals surface area contributed by atoms with Gasteiger partial charge in [0.25, 0.3) is 0 Å². The van der Waals surface area contributed by atoms with Gasteiger partial charge in [0.05, 0.1) is 0 Å². The summed E-state index contributed by atoms with van der Waals surface area (Å²) in [6, 6.07) is 0.296. The van der Waals surface area contributed by atoms with Gasteiger partial charge in [-0.2, -0.15) is 0 Å². The Kier molecular flexibility index (Phi) is 3.93. The standard InChI is InChI=1S/C13H22BrNO/c1-8(14)7-9(2)15-13(16)12-10-5-3-4-6-11(10)12/h8-12H,3-7H2,1-2H3,(H,15,16). The SMILES string of the molecule is CC(Br)CC(C)NC(=O)C1C2CCCCC21. The Morgan fingerprint density at radius 3 is 2.38 bits per heavy atom. The van der Waals surface area contributed by atoms with Crippen molar-refractivity contribution in [3.63, 3.8) is 0 Å². The molecular formula is C13H22BrNO. The summed E-state index contributed by atoms with van der Waals surface area (Å²) in [5.41, 5.74) is 0. The molecule has 2 fully saturated rings. The first-order chi connectivity index (χ1) is 7.59. The number of amides is 1. The summed E-state index contributed by atoms with van der Waals surface area (Å²) < 4.78 is 0. The fraction of sp³-hybridized carbons (Fsp3) is 0.923. The molecule has 0 radical (unpaired) electrons. The first-order valence-corrected chi connectivity index (χ1v) is 7.45. The van der Waals surface area contributed by atoms with Gasteiger partial charge in [0.15, 0.2) is 0 Å². The van der Waals surface area contributed by atoms with Crippen LogP contribution in [0.3, 0.4) is 0 Å². The average Bonchev–Trinajstić information content (AvgIpc) is 2.89. The molecule has 1 N–H and O–H groups in total. The monoisotopic (exact) mass is 287 g/mol. The van der Waals surface area contributed by atoms with Gasteiger partial charge in [0.2, 0.25) is 5.91 Å². The Balaban J connectivity index is 1.76. The number of nitrogens with one attached hydrogen (secondary N) is 1. The molecule has 0 aromatic heterocycles. The van der Waals surface area contributed by atoms with Crippen molar-refractivity contribution in [1.29, 1.82) is 0 Å². The summed E-state index contributed by atoms with van der Waals surface area (Å²) in [5.74, 6) is 2.12. The highest BCUT2D eigenvalue weighted by Crippen LogP contribution is 2.55. The van der Waals surface area contributed by atoms with Crippen LogP contribution in [0.5, 0.6) is 0 Å². The van der Waals surface area contributed by atoms with Gasteiger partial charge in [0, 0.05) is 16.8 Å². The molecule has 1 amide bonds. The minimum Gasteiger partial charge on any atom is -0.353 e. The van der Waals surface area contributed by atoms with Crippen LogP contribution in [0.15, 0.2) is 0 Å². The average molecular weight is 288 g/mol. The normalized spacial score (nSPS) is 36.1. The van der Waals surface area contributed by atoms with Crippen LogP contribution in [0.1, 0.15) is 46.0 Å². The highest BCUT2D eigenvalue weighted by Gasteiger charge is 2.54. The van der Waals surface area contributed by atoms with E-state index in [4.69, 9.17) is 0 Å². The molecule has 2 aliphatic rings. The fourth-order valence-electron chi connectivity index (χ4n) is 3.27. The maximum atomic E-state index is 12.0. The van der Waals surface area contributed by atoms with E-state index in [-0.39, 0.29) is 0 Å². The van der Waals surface area contributed by atoms with Crippen LogP contribution >= 0.6 is 15.9 Å². The zero-order valence-electron chi connectivity index (χ0n) is 10.2. The second-order valence-electron chi connectivity index (χ2n) is 5.56. The fourth-order valence-corrected chi connectivity index (χ4v) is 3.83. The number of carbonyl (C=O) groups excluding carboxylic acids is 1. The third kappa shape index (κ3) is 2.79. The first-order valence-electron chi connectivity index (χ1n) is 6.54. The van der Waals surface area contributed by atoms with Crippen molar-refractivity contribution in [2.75, 3.05) is 0 Å². The largest absolute Gasteiger partial charge is 0.353 e. The van der Waals surface area contributed by atoms with Crippen LogP contribution in [-0.2, 0) is 4.79 Å². The molecular weight excluding hydrogens is 266 g/mol. The molecule has 0 spiro atoms. The van der Waals surface area contributed by atoms with Crippen LogP contribution in [0.2, 0.25) is 0 Å². The van der Waals surface area contributed by atoms with Crippen molar-refractivity contribution in [3.8, 4) is 0 Å². The van der Waals surface area contributed by atoms with E-state index in [0.29, 0.717) is 22.7 Å². The van der Waals surface area contributed by atoms with Crippen LogP contribution < -0.4 is 5.32 Å². The van der Waals surface area contributed by atoms with E-state index in [1.54, 1.807) is 0 Å². The lowest BCUT2D eigenvalue weighted by molar-refractivity contribution is -0.123. The molecule has 4 unspecified atom stereocenters. The summed E-state index contributed by atoms with van der Waals surface area (Å²) in [6.07, 6.45) is 6.24. The highest BCUT2D eigenvalue weighted by atomic mass is 79.9. The maximum Gasteiger partial charge on any atom is 0.223 e. The molecule has 0 bridgehead atoms. The van der Waals surface area contributed by atoms with E-state index in [9.17, 15) is 4.79 Å². The minimum atomic E-state index is 0.296. The van der Waals surface area contributed by atoms with Crippen molar-refractivity contribution in [1.82, 2.24) is 5.32 Å². The number of hydrogen-bond acceptors (Lipinski definition) is 1. The maximum absolute atomic E-state index is 12.0. The zero-order valence-corrected chi connectivity index (χ0v) is 11.8. The molecule has 0 aliphatic heterocycles.